The van der Waals surface area contributed by atoms with Crippen molar-refractivity contribution in [1.29, 1.82) is 0 Å². The zero-order valence-electron chi connectivity index (χ0n) is 10.3. The van der Waals surface area contributed by atoms with Crippen LogP contribution >= 0.6 is 27.3 Å². The van der Waals surface area contributed by atoms with Crippen LogP contribution in [0.15, 0.2) is 15.9 Å². The van der Waals surface area contributed by atoms with Crippen LogP contribution in [0.5, 0.6) is 0 Å². The van der Waals surface area contributed by atoms with Gasteiger partial charge in [-0.05, 0) is 42.2 Å². The van der Waals surface area contributed by atoms with Crippen LogP contribution in [0.4, 0.5) is 0 Å². The zero-order valence-corrected chi connectivity index (χ0v) is 12.7. The number of hydrogen-bond acceptors (Lipinski definition) is 4. The van der Waals surface area contributed by atoms with Crippen LogP contribution in [0, 0.1) is 0 Å². The van der Waals surface area contributed by atoms with Crippen LogP contribution < -0.4 is 0 Å². The fourth-order valence-electron chi connectivity index (χ4n) is 2.26. The molecule has 3 nitrogen and oxygen atoms in total. The summed E-state index contributed by atoms with van der Waals surface area (Å²) in [6.45, 7) is 3.07. The normalized spacial score (nSPS) is 25.1. The quantitative estimate of drug-likeness (QED) is 0.918. The largest absolute Gasteiger partial charge is 0.391 e. The van der Waals surface area contributed by atoms with Crippen LogP contribution in [0.25, 0.3) is 0 Å². The molecule has 1 saturated heterocycles. The lowest BCUT2D eigenvalue weighted by molar-refractivity contribution is 0.0156. The third kappa shape index (κ3) is 3.51. The topological polar surface area (TPSA) is 26.7 Å². The first-order valence-electron chi connectivity index (χ1n) is 5.87. The fourth-order valence-corrected chi connectivity index (χ4v) is 3.80. The molecule has 17 heavy (non-hydrogen) atoms. The second-order valence-electron chi connectivity index (χ2n) is 4.79. The molecule has 2 rings (SSSR count). The number of aliphatic hydroxyl groups excluding tert-OH is 1. The van der Waals surface area contributed by atoms with E-state index in [1.54, 1.807) is 11.3 Å². The summed E-state index contributed by atoms with van der Waals surface area (Å²) in [5.41, 5.74) is 0. The molecule has 2 unspecified atom stereocenters. The summed E-state index contributed by atoms with van der Waals surface area (Å²) in [5.74, 6) is 0. The molecule has 96 valence electrons. The number of rotatable bonds is 3. The number of nitrogens with zero attached hydrogens (tertiary/aromatic N) is 2. The molecule has 0 aromatic carbocycles. The average molecular weight is 319 g/mol. The Morgan fingerprint density at radius 1 is 1.47 bits per heavy atom. The molecule has 0 spiro atoms. The van der Waals surface area contributed by atoms with Crippen LogP contribution in [0.1, 0.15) is 4.88 Å². The van der Waals surface area contributed by atoms with Crippen molar-refractivity contribution in [2.75, 3.05) is 33.7 Å². The van der Waals surface area contributed by atoms with Gasteiger partial charge in [-0.25, -0.2) is 0 Å². The molecule has 2 atom stereocenters. The lowest BCUT2D eigenvalue weighted by atomic mass is 10.0. The summed E-state index contributed by atoms with van der Waals surface area (Å²) in [6, 6.07) is 4.38. The maximum absolute atomic E-state index is 10.3. The third-order valence-corrected chi connectivity index (χ3v) is 5.03. The van der Waals surface area contributed by atoms with Gasteiger partial charge in [0.15, 0.2) is 0 Å². The van der Waals surface area contributed by atoms with E-state index < -0.39 is 0 Å². The van der Waals surface area contributed by atoms with Gasteiger partial charge in [0.25, 0.3) is 0 Å². The molecule has 0 aliphatic carbocycles. The maximum atomic E-state index is 10.3. The van der Waals surface area contributed by atoms with Gasteiger partial charge in [-0.3, -0.25) is 4.90 Å². The molecule has 0 saturated carbocycles. The molecule has 1 aliphatic heterocycles. The van der Waals surface area contributed by atoms with Gasteiger partial charge < -0.3 is 10.0 Å². The SMILES string of the molecule is CN1CCN(C)C(C(O)Cc2ccc(Br)s2)C1. The minimum Gasteiger partial charge on any atom is -0.391 e. The Morgan fingerprint density at radius 2 is 2.24 bits per heavy atom. The average Bonchev–Trinajstić information content (AvgIpc) is 2.67. The van der Waals surface area contributed by atoms with Crippen molar-refractivity contribution < 1.29 is 5.11 Å². The second-order valence-corrected chi connectivity index (χ2v) is 7.34. The number of likely N-dealkylation sites (N-methyl/N-ethyl adjacent to an activating group) is 2. The van der Waals surface area contributed by atoms with Crippen molar-refractivity contribution in [1.82, 2.24) is 9.80 Å². The van der Waals surface area contributed by atoms with Crippen LogP contribution in [-0.2, 0) is 6.42 Å². The van der Waals surface area contributed by atoms with Crippen molar-refractivity contribution in [2.24, 2.45) is 0 Å². The molecule has 1 aromatic rings. The summed E-state index contributed by atoms with van der Waals surface area (Å²) < 4.78 is 1.13. The van der Waals surface area contributed by atoms with E-state index in [4.69, 9.17) is 0 Å². The van der Waals surface area contributed by atoms with Gasteiger partial charge >= 0.3 is 0 Å². The summed E-state index contributed by atoms with van der Waals surface area (Å²) in [5, 5.41) is 10.3. The highest BCUT2D eigenvalue weighted by Gasteiger charge is 2.28. The highest BCUT2D eigenvalue weighted by molar-refractivity contribution is 9.11. The van der Waals surface area contributed by atoms with Crippen LogP contribution in [0.3, 0.4) is 0 Å². The summed E-state index contributed by atoms with van der Waals surface area (Å²) in [7, 11) is 4.22. The standard InChI is InChI=1S/C12H19BrN2OS/c1-14-5-6-15(2)10(8-14)11(16)7-9-3-4-12(13)17-9/h3-4,10-11,16H,5-8H2,1-2H3. The predicted molar refractivity (Wildman–Crippen MR) is 75.6 cm³/mol. The van der Waals surface area contributed by atoms with Gasteiger partial charge in [0.1, 0.15) is 0 Å². The molecular weight excluding hydrogens is 300 g/mol. The Morgan fingerprint density at radius 3 is 2.88 bits per heavy atom. The Hall–Kier alpha value is 0.0600. The van der Waals surface area contributed by atoms with Gasteiger partial charge in [-0.1, -0.05) is 0 Å². The Labute approximate surface area is 115 Å². The molecule has 1 aromatic heterocycles. The zero-order chi connectivity index (χ0) is 12.4. The lowest BCUT2D eigenvalue weighted by Gasteiger charge is -2.40. The summed E-state index contributed by atoms with van der Waals surface area (Å²) in [4.78, 5) is 5.80. The Kier molecular flexibility index (Phi) is 4.60. The first-order valence-corrected chi connectivity index (χ1v) is 7.48. The van der Waals surface area contributed by atoms with E-state index in [0.29, 0.717) is 0 Å². The van der Waals surface area contributed by atoms with E-state index in [-0.39, 0.29) is 12.1 Å². The van der Waals surface area contributed by atoms with E-state index >= 15 is 0 Å². The maximum Gasteiger partial charge on any atom is 0.0755 e. The van der Waals surface area contributed by atoms with Crippen molar-refractivity contribution >= 4 is 27.3 Å². The number of halogens is 1. The molecule has 2 heterocycles. The monoisotopic (exact) mass is 318 g/mol. The van der Waals surface area contributed by atoms with E-state index in [1.165, 1.54) is 4.88 Å². The smallest absolute Gasteiger partial charge is 0.0755 e. The van der Waals surface area contributed by atoms with Crippen molar-refractivity contribution in [3.8, 4) is 0 Å². The van der Waals surface area contributed by atoms with E-state index in [0.717, 1.165) is 29.8 Å². The van der Waals surface area contributed by atoms with Crippen molar-refractivity contribution in [3.05, 3.63) is 20.8 Å². The van der Waals surface area contributed by atoms with Crippen molar-refractivity contribution in [3.63, 3.8) is 0 Å². The number of hydrogen-bond donors (Lipinski definition) is 1. The molecule has 0 radical (unpaired) electrons. The molecule has 1 fully saturated rings. The van der Waals surface area contributed by atoms with Gasteiger partial charge in [0, 0.05) is 37.0 Å². The second kappa shape index (κ2) is 5.80. The molecule has 0 bridgehead atoms. The van der Waals surface area contributed by atoms with E-state index in [1.807, 2.05) is 6.07 Å². The Balaban J connectivity index is 1.96. The Bertz CT molecular complexity index is 371. The summed E-state index contributed by atoms with van der Waals surface area (Å²) in [6.07, 6.45) is 0.465. The molecule has 0 amide bonds. The van der Waals surface area contributed by atoms with Gasteiger partial charge in [0.2, 0.25) is 0 Å². The molecule has 5 heteroatoms. The van der Waals surface area contributed by atoms with Crippen molar-refractivity contribution in [2.45, 2.75) is 18.6 Å². The molecular formula is C12H19BrN2OS. The predicted octanol–water partition coefficient (Wildman–Crippen LogP) is 1.66. The third-order valence-electron chi connectivity index (χ3n) is 3.38. The lowest BCUT2D eigenvalue weighted by Crippen LogP contribution is -2.55. The molecule has 1 N–H and O–H groups in total. The molecule has 1 aliphatic rings. The van der Waals surface area contributed by atoms with Gasteiger partial charge in [-0.2, -0.15) is 0 Å². The van der Waals surface area contributed by atoms with Gasteiger partial charge in [0.05, 0.1) is 9.89 Å². The number of piperazine rings is 1. The number of aliphatic hydroxyl groups is 1. The minimum absolute atomic E-state index is 0.245. The van der Waals surface area contributed by atoms with Crippen LogP contribution in [-0.4, -0.2) is 60.8 Å². The first-order chi connectivity index (χ1) is 8.06. The summed E-state index contributed by atoms with van der Waals surface area (Å²) >= 11 is 5.16. The number of thiophene rings is 1. The van der Waals surface area contributed by atoms with Gasteiger partial charge in [-0.15, -0.1) is 11.3 Å². The van der Waals surface area contributed by atoms with E-state index in [9.17, 15) is 5.11 Å². The van der Waals surface area contributed by atoms with Crippen LogP contribution in [0.2, 0.25) is 0 Å². The van der Waals surface area contributed by atoms with E-state index in [2.05, 4.69) is 45.9 Å². The highest BCUT2D eigenvalue weighted by atomic mass is 79.9. The highest BCUT2D eigenvalue weighted by Crippen LogP contribution is 2.24. The minimum atomic E-state index is -0.284. The first kappa shape index (κ1) is 13.5. The fraction of sp³-hybridized carbons (Fsp3) is 0.667.